The van der Waals surface area contributed by atoms with Crippen molar-refractivity contribution >= 4 is 23.2 Å². The summed E-state index contributed by atoms with van der Waals surface area (Å²) in [5.41, 5.74) is 2.44. The Hall–Kier alpha value is -2.07. The van der Waals surface area contributed by atoms with Crippen LogP contribution in [0.5, 0.6) is 0 Å². The van der Waals surface area contributed by atoms with Crippen LogP contribution < -0.4 is 4.90 Å². The molecular weight excluding hydrogens is 339 g/mol. The summed E-state index contributed by atoms with van der Waals surface area (Å²) in [5, 5.41) is 0.164. The Labute approximate surface area is 153 Å². The van der Waals surface area contributed by atoms with Crippen molar-refractivity contribution in [2.45, 2.75) is 19.8 Å². The molecule has 2 aromatic rings. The minimum Gasteiger partial charge on any atom is -0.368 e. The molecule has 1 saturated heterocycles. The zero-order valence-corrected chi connectivity index (χ0v) is 15.3. The molecule has 0 aliphatic carbocycles. The fourth-order valence-corrected chi connectivity index (χ4v) is 3.34. The lowest BCUT2D eigenvalue weighted by Crippen LogP contribution is -2.49. The third-order valence-corrected chi connectivity index (χ3v) is 4.98. The number of carbonyl (C=O) groups excluding carboxylic acids is 1. The van der Waals surface area contributed by atoms with Crippen LogP contribution in [-0.4, -0.2) is 37.0 Å². The van der Waals surface area contributed by atoms with Gasteiger partial charge >= 0.3 is 0 Å². The van der Waals surface area contributed by atoms with E-state index < -0.39 is 5.82 Å². The van der Waals surface area contributed by atoms with E-state index in [1.165, 1.54) is 17.7 Å². The zero-order valence-electron chi connectivity index (χ0n) is 14.5. The molecule has 132 valence electrons. The molecule has 0 aromatic heterocycles. The summed E-state index contributed by atoms with van der Waals surface area (Å²) in [5.74, 6) is -0.392. The van der Waals surface area contributed by atoms with Crippen LogP contribution in [0.1, 0.15) is 35.7 Å². The molecule has 0 atom stereocenters. The summed E-state index contributed by atoms with van der Waals surface area (Å²) in [6.45, 7) is 6.89. The molecule has 3 rings (SSSR count). The van der Waals surface area contributed by atoms with Gasteiger partial charge in [-0.15, -0.1) is 0 Å². The number of hydrogen-bond donors (Lipinski definition) is 0. The monoisotopic (exact) mass is 360 g/mol. The van der Waals surface area contributed by atoms with Gasteiger partial charge in [-0.25, -0.2) is 4.39 Å². The van der Waals surface area contributed by atoms with Crippen LogP contribution in [0.25, 0.3) is 0 Å². The van der Waals surface area contributed by atoms with E-state index in [0.29, 0.717) is 19.0 Å². The molecule has 1 aliphatic rings. The van der Waals surface area contributed by atoms with Crippen molar-refractivity contribution in [3.05, 3.63) is 64.4 Å². The van der Waals surface area contributed by atoms with Gasteiger partial charge in [-0.2, -0.15) is 0 Å². The largest absolute Gasteiger partial charge is 0.368 e. The van der Waals surface area contributed by atoms with Gasteiger partial charge in [0.15, 0.2) is 0 Å². The molecule has 1 aliphatic heterocycles. The first kappa shape index (κ1) is 17.7. The quantitative estimate of drug-likeness (QED) is 0.800. The molecule has 0 saturated carbocycles. The van der Waals surface area contributed by atoms with Gasteiger partial charge in [0.25, 0.3) is 5.91 Å². The zero-order chi connectivity index (χ0) is 18.0. The van der Waals surface area contributed by atoms with Crippen LogP contribution in [0.3, 0.4) is 0 Å². The topological polar surface area (TPSA) is 23.6 Å². The Morgan fingerprint density at radius 2 is 1.68 bits per heavy atom. The average molecular weight is 361 g/mol. The van der Waals surface area contributed by atoms with E-state index in [4.69, 9.17) is 11.6 Å². The number of rotatable bonds is 3. The molecule has 0 unspecified atom stereocenters. The first-order chi connectivity index (χ1) is 12.0. The summed E-state index contributed by atoms with van der Waals surface area (Å²) in [7, 11) is 0. The molecule has 1 fully saturated rings. The number of piperazine rings is 1. The normalized spacial score (nSPS) is 14.9. The standard InChI is InChI=1S/C20H22ClFN2O/c1-14(2)15-6-8-16(9-7-15)23-10-12-24(13-11-23)20(25)19-17(21)4-3-5-18(19)22/h3-9,14H,10-13H2,1-2H3. The van der Waals surface area contributed by atoms with Crippen LogP contribution in [0.15, 0.2) is 42.5 Å². The summed E-state index contributed by atoms with van der Waals surface area (Å²) >= 11 is 6.01. The van der Waals surface area contributed by atoms with E-state index in [0.717, 1.165) is 18.8 Å². The van der Waals surface area contributed by atoms with Gasteiger partial charge in [-0.1, -0.05) is 43.6 Å². The molecule has 0 spiro atoms. The second-order valence-corrected chi connectivity index (χ2v) is 7.03. The Morgan fingerprint density at radius 3 is 2.24 bits per heavy atom. The lowest BCUT2D eigenvalue weighted by atomic mass is 10.0. The second kappa shape index (κ2) is 7.44. The summed E-state index contributed by atoms with van der Waals surface area (Å²) in [6, 6.07) is 12.9. The van der Waals surface area contributed by atoms with Crippen molar-refractivity contribution in [3.63, 3.8) is 0 Å². The van der Waals surface area contributed by atoms with Gasteiger partial charge in [0.05, 0.1) is 10.6 Å². The summed E-state index contributed by atoms with van der Waals surface area (Å²) in [6.07, 6.45) is 0. The van der Waals surface area contributed by atoms with Gasteiger partial charge in [0, 0.05) is 31.9 Å². The highest BCUT2D eigenvalue weighted by Gasteiger charge is 2.26. The maximum atomic E-state index is 14.0. The average Bonchev–Trinajstić information content (AvgIpc) is 2.61. The summed E-state index contributed by atoms with van der Waals surface area (Å²) < 4.78 is 14.0. The fourth-order valence-electron chi connectivity index (χ4n) is 3.10. The predicted octanol–water partition coefficient (Wildman–Crippen LogP) is 4.56. The number of carbonyl (C=O) groups is 1. The van der Waals surface area contributed by atoms with Crippen LogP contribution in [0, 0.1) is 5.82 Å². The van der Waals surface area contributed by atoms with E-state index >= 15 is 0 Å². The van der Waals surface area contributed by atoms with E-state index in [9.17, 15) is 9.18 Å². The molecule has 0 bridgehead atoms. The molecule has 25 heavy (non-hydrogen) atoms. The molecule has 0 N–H and O–H groups in total. The Morgan fingerprint density at radius 1 is 1.04 bits per heavy atom. The predicted molar refractivity (Wildman–Crippen MR) is 100 cm³/mol. The first-order valence-electron chi connectivity index (χ1n) is 8.55. The maximum absolute atomic E-state index is 14.0. The lowest BCUT2D eigenvalue weighted by molar-refractivity contribution is 0.0742. The molecule has 0 radical (unpaired) electrons. The third kappa shape index (κ3) is 3.79. The van der Waals surface area contributed by atoms with E-state index in [1.807, 2.05) is 0 Å². The third-order valence-electron chi connectivity index (χ3n) is 4.67. The number of benzene rings is 2. The van der Waals surface area contributed by atoms with Gasteiger partial charge in [-0.05, 0) is 35.7 Å². The SMILES string of the molecule is CC(C)c1ccc(N2CCN(C(=O)c3c(F)cccc3Cl)CC2)cc1. The first-order valence-corrected chi connectivity index (χ1v) is 8.93. The number of anilines is 1. The van der Waals surface area contributed by atoms with E-state index in [-0.39, 0.29) is 16.5 Å². The van der Waals surface area contributed by atoms with Crippen LogP contribution in [0.2, 0.25) is 5.02 Å². The Kier molecular flexibility index (Phi) is 5.28. The Bertz CT molecular complexity index is 733. The molecule has 2 aromatic carbocycles. The highest BCUT2D eigenvalue weighted by Crippen LogP contribution is 2.24. The minimum atomic E-state index is -0.566. The van der Waals surface area contributed by atoms with Gasteiger partial charge in [0.2, 0.25) is 0 Å². The van der Waals surface area contributed by atoms with Gasteiger partial charge < -0.3 is 9.80 Å². The smallest absolute Gasteiger partial charge is 0.258 e. The number of nitrogens with zero attached hydrogens (tertiary/aromatic N) is 2. The van der Waals surface area contributed by atoms with Gasteiger partial charge in [0.1, 0.15) is 5.82 Å². The van der Waals surface area contributed by atoms with Crippen molar-refractivity contribution < 1.29 is 9.18 Å². The van der Waals surface area contributed by atoms with Crippen LogP contribution in [0.4, 0.5) is 10.1 Å². The van der Waals surface area contributed by atoms with Crippen LogP contribution >= 0.6 is 11.6 Å². The van der Waals surface area contributed by atoms with Crippen molar-refractivity contribution in [2.24, 2.45) is 0 Å². The van der Waals surface area contributed by atoms with Crippen molar-refractivity contribution in [1.82, 2.24) is 4.90 Å². The lowest BCUT2D eigenvalue weighted by Gasteiger charge is -2.36. The second-order valence-electron chi connectivity index (χ2n) is 6.62. The van der Waals surface area contributed by atoms with Crippen molar-refractivity contribution in [3.8, 4) is 0 Å². The van der Waals surface area contributed by atoms with E-state index in [1.54, 1.807) is 11.0 Å². The number of amides is 1. The minimum absolute atomic E-state index is 0.0288. The molecule has 1 heterocycles. The fraction of sp³-hybridized carbons (Fsp3) is 0.350. The number of halogens is 2. The molecule has 5 heteroatoms. The summed E-state index contributed by atoms with van der Waals surface area (Å²) in [4.78, 5) is 16.5. The highest BCUT2D eigenvalue weighted by atomic mass is 35.5. The number of hydrogen-bond acceptors (Lipinski definition) is 2. The maximum Gasteiger partial charge on any atom is 0.258 e. The van der Waals surface area contributed by atoms with Crippen molar-refractivity contribution in [1.29, 1.82) is 0 Å². The molecule has 1 amide bonds. The van der Waals surface area contributed by atoms with E-state index in [2.05, 4.69) is 43.0 Å². The molecular formula is C20H22ClFN2O. The highest BCUT2D eigenvalue weighted by molar-refractivity contribution is 6.33. The molecule has 3 nitrogen and oxygen atoms in total. The van der Waals surface area contributed by atoms with Gasteiger partial charge in [-0.3, -0.25) is 4.79 Å². The van der Waals surface area contributed by atoms with Crippen LogP contribution in [-0.2, 0) is 0 Å². The van der Waals surface area contributed by atoms with Crippen molar-refractivity contribution in [2.75, 3.05) is 31.1 Å². The Balaban J connectivity index is 1.66.